The van der Waals surface area contributed by atoms with Gasteiger partial charge in [-0.1, -0.05) is 96.8 Å². The first-order chi connectivity index (χ1) is 12.6. The second-order valence-electron chi connectivity index (χ2n) is 7.09. The van der Waals surface area contributed by atoms with Crippen molar-refractivity contribution in [2.75, 3.05) is 13.2 Å². The predicted molar refractivity (Wildman–Crippen MR) is 105 cm³/mol. The Morgan fingerprint density at radius 1 is 0.714 bits per heavy atom. The Labute approximate surface area is 182 Å². The van der Waals surface area contributed by atoms with Crippen LogP contribution in [-0.2, 0) is 27.3 Å². The Kier molecular flexibility index (Phi) is 39.7. The summed E-state index contributed by atoms with van der Waals surface area (Å²) in [6.45, 7) is 1.54. The van der Waals surface area contributed by atoms with E-state index in [-0.39, 0.29) is 42.2 Å². The Balaban J connectivity index is -0.000000312. The SMILES string of the molecule is CCCCCCCCCCCCCCCCCC(=O)[O-].OCC(O)CO.[Fe+3].[O-2]. The number of aliphatic hydroxyl groups excluding tert-OH is 3. The van der Waals surface area contributed by atoms with Crippen molar-refractivity contribution in [1.82, 2.24) is 0 Å². The smallest absolute Gasteiger partial charge is 2.00 e. The van der Waals surface area contributed by atoms with E-state index in [0.717, 1.165) is 12.8 Å². The molecule has 0 spiro atoms. The molecule has 0 unspecified atom stereocenters. The topological polar surface area (TPSA) is 129 Å². The van der Waals surface area contributed by atoms with Gasteiger partial charge in [0, 0.05) is 5.97 Å². The van der Waals surface area contributed by atoms with E-state index in [4.69, 9.17) is 15.3 Å². The van der Waals surface area contributed by atoms with Crippen LogP contribution >= 0.6 is 0 Å². The third-order valence-electron chi connectivity index (χ3n) is 4.41. The molecule has 0 saturated heterocycles. The zero-order valence-electron chi connectivity index (χ0n) is 17.7. The van der Waals surface area contributed by atoms with E-state index in [1.54, 1.807) is 0 Å². The fraction of sp³-hybridized carbons (Fsp3) is 0.952. The van der Waals surface area contributed by atoms with Crippen LogP contribution < -0.4 is 5.11 Å². The Morgan fingerprint density at radius 2 is 1.00 bits per heavy atom. The van der Waals surface area contributed by atoms with Crippen LogP contribution in [0.4, 0.5) is 0 Å². The molecule has 6 nitrogen and oxygen atoms in total. The molecule has 28 heavy (non-hydrogen) atoms. The number of unbranched alkanes of at least 4 members (excludes halogenated alkanes) is 14. The van der Waals surface area contributed by atoms with E-state index in [1.807, 2.05) is 0 Å². The molecule has 0 aliphatic rings. The van der Waals surface area contributed by atoms with Gasteiger partial charge in [0.1, 0.15) is 6.10 Å². The Hall–Kier alpha value is -0.171. The number of hydrogen-bond donors (Lipinski definition) is 3. The summed E-state index contributed by atoms with van der Waals surface area (Å²) in [6, 6.07) is 0. The summed E-state index contributed by atoms with van der Waals surface area (Å²) in [7, 11) is 0. The number of rotatable bonds is 18. The van der Waals surface area contributed by atoms with Crippen molar-refractivity contribution in [2.24, 2.45) is 0 Å². The van der Waals surface area contributed by atoms with Crippen molar-refractivity contribution in [3.8, 4) is 0 Å². The molecule has 3 N–H and O–H groups in total. The van der Waals surface area contributed by atoms with E-state index in [9.17, 15) is 9.90 Å². The summed E-state index contributed by atoms with van der Waals surface area (Å²) in [5.74, 6) is -0.903. The molecule has 0 rings (SSSR count). The van der Waals surface area contributed by atoms with Crippen molar-refractivity contribution in [3.05, 3.63) is 0 Å². The molecule has 0 aliphatic carbocycles. The summed E-state index contributed by atoms with van der Waals surface area (Å²) < 4.78 is 0. The monoisotopic (exact) mass is 447 g/mol. The van der Waals surface area contributed by atoms with Crippen LogP contribution in [0.1, 0.15) is 110 Å². The minimum atomic E-state index is -0.954. The van der Waals surface area contributed by atoms with Gasteiger partial charge in [-0.15, -0.1) is 0 Å². The van der Waals surface area contributed by atoms with Crippen LogP contribution in [-0.4, -0.2) is 40.6 Å². The number of aliphatic hydroxyl groups is 3. The molecule has 0 saturated carbocycles. The fourth-order valence-corrected chi connectivity index (χ4v) is 2.70. The van der Waals surface area contributed by atoms with E-state index < -0.39 is 12.1 Å². The normalized spacial score (nSPS) is 9.89. The van der Waals surface area contributed by atoms with Crippen molar-refractivity contribution in [2.45, 2.75) is 116 Å². The van der Waals surface area contributed by atoms with Crippen molar-refractivity contribution in [1.29, 1.82) is 0 Å². The average molecular weight is 447 g/mol. The second kappa shape index (κ2) is 31.5. The van der Waals surface area contributed by atoms with Crippen LogP contribution in [0, 0.1) is 0 Å². The molecule has 1 radical (unpaired) electrons. The van der Waals surface area contributed by atoms with E-state index in [1.165, 1.54) is 83.5 Å². The minimum Gasteiger partial charge on any atom is -2.00 e. The van der Waals surface area contributed by atoms with Gasteiger partial charge in [-0.3, -0.25) is 0 Å². The van der Waals surface area contributed by atoms with Gasteiger partial charge in [0.15, 0.2) is 0 Å². The molecule has 0 bridgehead atoms. The first-order valence-electron chi connectivity index (χ1n) is 10.7. The standard InChI is InChI=1S/C18H36O2.C3H8O3.Fe.O/c1-2-3-4-5-6-7-8-9-10-11-12-13-14-15-16-17-18(19)20;4-1-3(6)2-5;;/h2-17H2,1H3,(H,19,20);3-6H,1-2H2;;/q;;+3;-2/p-1. The van der Waals surface area contributed by atoms with Gasteiger partial charge in [0.25, 0.3) is 0 Å². The molecular formula is C21H43FeO6. The molecule has 0 aromatic carbocycles. The van der Waals surface area contributed by atoms with Crippen LogP contribution in [0.25, 0.3) is 0 Å². The average Bonchev–Trinajstić information content (AvgIpc) is 2.64. The summed E-state index contributed by atoms with van der Waals surface area (Å²) >= 11 is 0. The molecule has 0 amide bonds. The van der Waals surface area contributed by atoms with Crippen LogP contribution in [0.3, 0.4) is 0 Å². The molecule has 7 heteroatoms. The predicted octanol–water partition coefficient (Wildman–Crippen LogP) is 3.21. The molecule has 0 atom stereocenters. The zero-order chi connectivity index (χ0) is 19.9. The van der Waals surface area contributed by atoms with Gasteiger partial charge in [-0.2, -0.15) is 0 Å². The largest absolute Gasteiger partial charge is 3.00 e. The number of carbonyl (C=O) groups excluding carboxylic acids is 1. The van der Waals surface area contributed by atoms with Crippen LogP contribution in [0.5, 0.6) is 0 Å². The van der Waals surface area contributed by atoms with Crippen LogP contribution in [0.15, 0.2) is 0 Å². The first-order valence-corrected chi connectivity index (χ1v) is 10.7. The maximum atomic E-state index is 10.2. The van der Waals surface area contributed by atoms with E-state index in [2.05, 4.69) is 6.92 Å². The van der Waals surface area contributed by atoms with Gasteiger partial charge >= 0.3 is 17.1 Å². The molecule has 171 valence electrons. The van der Waals surface area contributed by atoms with Crippen molar-refractivity contribution >= 4 is 5.97 Å². The first kappa shape index (κ1) is 35.3. The Morgan fingerprint density at radius 3 is 1.21 bits per heavy atom. The summed E-state index contributed by atoms with van der Waals surface area (Å²) in [4.78, 5) is 10.2. The van der Waals surface area contributed by atoms with Crippen molar-refractivity contribution in [3.63, 3.8) is 0 Å². The van der Waals surface area contributed by atoms with E-state index >= 15 is 0 Å². The van der Waals surface area contributed by atoms with Gasteiger partial charge in [0.05, 0.1) is 13.2 Å². The van der Waals surface area contributed by atoms with Gasteiger partial charge < -0.3 is 30.7 Å². The number of hydrogen-bond acceptors (Lipinski definition) is 5. The Bertz CT molecular complexity index is 276. The fourth-order valence-electron chi connectivity index (χ4n) is 2.70. The molecule has 0 aliphatic heterocycles. The summed E-state index contributed by atoms with van der Waals surface area (Å²) in [6.07, 6.45) is 18.9. The maximum Gasteiger partial charge on any atom is 3.00 e. The maximum absolute atomic E-state index is 10.2. The molecule has 0 aromatic rings. The number of carbonyl (C=O) groups is 1. The molecular weight excluding hydrogens is 404 g/mol. The van der Waals surface area contributed by atoms with Gasteiger partial charge in [-0.25, -0.2) is 0 Å². The number of carboxylic acid groups (broad SMARTS) is 1. The van der Waals surface area contributed by atoms with Crippen molar-refractivity contribution < 1.29 is 47.8 Å². The number of aliphatic carboxylic acids is 1. The second-order valence-corrected chi connectivity index (χ2v) is 7.09. The minimum absolute atomic E-state index is 0. The van der Waals surface area contributed by atoms with Gasteiger partial charge in [-0.05, 0) is 12.8 Å². The molecule has 0 aromatic heterocycles. The molecule has 0 heterocycles. The van der Waals surface area contributed by atoms with Crippen LogP contribution in [0.2, 0.25) is 0 Å². The summed E-state index contributed by atoms with van der Waals surface area (Å²) in [5, 5.41) is 34.2. The van der Waals surface area contributed by atoms with Gasteiger partial charge in [0.2, 0.25) is 0 Å². The molecule has 0 fully saturated rings. The zero-order valence-corrected chi connectivity index (χ0v) is 18.8. The quantitative estimate of drug-likeness (QED) is 0.219. The third-order valence-corrected chi connectivity index (χ3v) is 4.41. The van der Waals surface area contributed by atoms with E-state index in [0.29, 0.717) is 0 Å². The summed E-state index contributed by atoms with van der Waals surface area (Å²) in [5.41, 5.74) is 0. The number of carboxylic acids is 1. The third kappa shape index (κ3) is 36.7.